The monoisotopic (exact) mass is 273 g/mol. The Kier molecular flexibility index (Phi) is 3.55. The second-order valence-corrected chi connectivity index (χ2v) is 6.27. The number of hydrogen-bond donors (Lipinski definition) is 0. The highest BCUT2D eigenvalue weighted by Crippen LogP contribution is 2.46. The molecule has 2 aliphatic heterocycles. The van der Waals surface area contributed by atoms with E-state index in [9.17, 15) is 4.79 Å². The summed E-state index contributed by atoms with van der Waals surface area (Å²) >= 11 is 0. The molecule has 20 heavy (non-hydrogen) atoms. The van der Waals surface area contributed by atoms with Crippen LogP contribution in [-0.2, 0) is 9.53 Å². The van der Waals surface area contributed by atoms with Crippen LogP contribution in [0.15, 0.2) is 24.3 Å². The highest BCUT2D eigenvalue weighted by Gasteiger charge is 2.49. The molecule has 1 aromatic carbocycles. The standard InChI is InChI=1S/C17H23NO2/c1-11-5-4-6-12(9-11)14-10-13-7-8-15(18(13)2)16(14)17(19)20-3/h4-6,9,13-16H,7-8,10H2,1-3H3/t13-,14?,15?,16+/m1/s1. The first-order chi connectivity index (χ1) is 9.61. The Labute approximate surface area is 120 Å². The highest BCUT2D eigenvalue weighted by atomic mass is 16.5. The van der Waals surface area contributed by atoms with Crippen molar-refractivity contribution >= 4 is 5.97 Å². The van der Waals surface area contributed by atoms with Crippen LogP contribution in [0.4, 0.5) is 0 Å². The van der Waals surface area contributed by atoms with Crippen molar-refractivity contribution in [2.45, 2.75) is 44.2 Å². The van der Waals surface area contributed by atoms with Gasteiger partial charge in [0, 0.05) is 18.0 Å². The van der Waals surface area contributed by atoms with E-state index in [-0.39, 0.29) is 11.9 Å². The normalized spacial score (nSPS) is 33.1. The maximum absolute atomic E-state index is 12.3. The minimum atomic E-state index is -0.0475. The van der Waals surface area contributed by atoms with Gasteiger partial charge in [0.15, 0.2) is 0 Å². The summed E-state index contributed by atoms with van der Waals surface area (Å²) in [6.07, 6.45) is 3.39. The Morgan fingerprint density at radius 2 is 2.15 bits per heavy atom. The van der Waals surface area contributed by atoms with Gasteiger partial charge in [0.25, 0.3) is 0 Å². The number of nitrogens with zero attached hydrogens (tertiary/aromatic N) is 1. The van der Waals surface area contributed by atoms with Crippen LogP contribution in [0.5, 0.6) is 0 Å². The van der Waals surface area contributed by atoms with Crippen LogP contribution in [-0.4, -0.2) is 37.1 Å². The summed E-state index contributed by atoms with van der Waals surface area (Å²) in [5.74, 6) is 0.232. The van der Waals surface area contributed by atoms with Crippen LogP contribution in [0.2, 0.25) is 0 Å². The van der Waals surface area contributed by atoms with Gasteiger partial charge in [0.1, 0.15) is 0 Å². The Morgan fingerprint density at radius 3 is 2.85 bits per heavy atom. The predicted octanol–water partition coefficient (Wildman–Crippen LogP) is 2.73. The zero-order valence-corrected chi connectivity index (χ0v) is 12.5. The van der Waals surface area contributed by atoms with Gasteiger partial charge < -0.3 is 4.74 Å². The fourth-order valence-electron chi connectivity index (χ4n) is 4.17. The fraction of sp³-hybridized carbons (Fsp3) is 0.588. The molecule has 0 aliphatic carbocycles. The van der Waals surface area contributed by atoms with E-state index in [4.69, 9.17) is 4.74 Å². The molecule has 0 saturated carbocycles. The summed E-state index contributed by atoms with van der Waals surface area (Å²) < 4.78 is 5.10. The van der Waals surface area contributed by atoms with E-state index in [1.54, 1.807) is 0 Å². The number of aryl methyl sites for hydroxylation is 1. The molecule has 2 unspecified atom stereocenters. The third-order valence-corrected chi connectivity index (χ3v) is 5.21. The average molecular weight is 273 g/mol. The molecule has 0 N–H and O–H groups in total. The molecule has 2 fully saturated rings. The molecule has 2 heterocycles. The van der Waals surface area contributed by atoms with Crippen LogP contribution in [0, 0.1) is 12.8 Å². The summed E-state index contributed by atoms with van der Waals surface area (Å²) in [6, 6.07) is 9.56. The van der Waals surface area contributed by atoms with Crippen molar-refractivity contribution < 1.29 is 9.53 Å². The quantitative estimate of drug-likeness (QED) is 0.776. The van der Waals surface area contributed by atoms with Gasteiger partial charge in [-0.1, -0.05) is 29.8 Å². The van der Waals surface area contributed by atoms with Crippen molar-refractivity contribution in [3.8, 4) is 0 Å². The van der Waals surface area contributed by atoms with Crippen molar-refractivity contribution in [2.24, 2.45) is 5.92 Å². The maximum atomic E-state index is 12.3. The number of rotatable bonds is 2. The smallest absolute Gasteiger partial charge is 0.310 e. The molecule has 108 valence electrons. The average Bonchev–Trinajstić information content (AvgIpc) is 2.69. The van der Waals surface area contributed by atoms with Crippen molar-refractivity contribution in [2.75, 3.05) is 14.2 Å². The molecule has 2 saturated heterocycles. The van der Waals surface area contributed by atoms with Gasteiger partial charge in [-0.05, 0) is 38.8 Å². The van der Waals surface area contributed by atoms with Crippen LogP contribution in [0.25, 0.3) is 0 Å². The number of ether oxygens (including phenoxy) is 1. The molecule has 0 amide bonds. The van der Waals surface area contributed by atoms with E-state index in [0.717, 1.165) is 12.8 Å². The minimum absolute atomic E-state index is 0.0226. The van der Waals surface area contributed by atoms with E-state index < -0.39 is 0 Å². The third-order valence-electron chi connectivity index (χ3n) is 5.21. The Hall–Kier alpha value is -1.35. The molecule has 0 aromatic heterocycles. The van der Waals surface area contributed by atoms with E-state index in [1.807, 2.05) is 0 Å². The Morgan fingerprint density at radius 1 is 1.35 bits per heavy atom. The molecule has 1 aromatic rings. The summed E-state index contributed by atoms with van der Waals surface area (Å²) in [5, 5.41) is 0. The number of hydrogen-bond acceptors (Lipinski definition) is 3. The van der Waals surface area contributed by atoms with Gasteiger partial charge in [-0.3, -0.25) is 9.69 Å². The summed E-state index contributed by atoms with van der Waals surface area (Å²) in [4.78, 5) is 14.7. The van der Waals surface area contributed by atoms with Crippen LogP contribution >= 0.6 is 0 Å². The largest absolute Gasteiger partial charge is 0.469 e. The lowest BCUT2D eigenvalue weighted by molar-refractivity contribution is -0.150. The molecule has 0 spiro atoms. The first-order valence-electron chi connectivity index (χ1n) is 7.48. The first kappa shape index (κ1) is 13.6. The zero-order chi connectivity index (χ0) is 14.3. The van der Waals surface area contributed by atoms with Gasteiger partial charge in [-0.25, -0.2) is 0 Å². The third kappa shape index (κ3) is 2.14. The summed E-state index contributed by atoms with van der Waals surface area (Å²) in [7, 11) is 3.67. The van der Waals surface area contributed by atoms with Gasteiger partial charge in [-0.2, -0.15) is 0 Å². The number of methoxy groups -OCH3 is 1. The summed E-state index contributed by atoms with van der Waals surface area (Å²) in [5.41, 5.74) is 2.56. The maximum Gasteiger partial charge on any atom is 0.310 e. The first-order valence-corrected chi connectivity index (χ1v) is 7.48. The topological polar surface area (TPSA) is 29.5 Å². The number of carbonyl (C=O) groups is 1. The van der Waals surface area contributed by atoms with Gasteiger partial charge in [0.05, 0.1) is 13.0 Å². The lowest BCUT2D eigenvalue weighted by Gasteiger charge is -2.41. The molecule has 3 nitrogen and oxygen atoms in total. The highest BCUT2D eigenvalue weighted by molar-refractivity contribution is 5.75. The Balaban J connectivity index is 1.97. The van der Waals surface area contributed by atoms with E-state index in [1.165, 1.54) is 24.7 Å². The van der Waals surface area contributed by atoms with Crippen molar-refractivity contribution in [3.63, 3.8) is 0 Å². The van der Waals surface area contributed by atoms with Crippen molar-refractivity contribution in [1.82, 2.24) is 4.90 Å². The van der Waals surface area contributed by atoms with Gasteiger partial charge in [-0.15, -0.1) is 0 Å². The van der Waals surface area contributed by atoms with Crippen molar-refractivity contribution in [1.29, 1.82) is 0 Å². The number of fused-ring (bicyclic) bond motifs is 2. The van der Waals surface area contributed by atoms with E-state index >= 15 is 0 Å². The molecule has 2 bridgehead atoms. The number of benzene rings is 1. The SMILES string of the molecule is COC(=O)[C@H]1C(c2cccc(C)c2)C[C@H]2CCC1N2C. The molecule has 0 radical (unpaired) electrons. The molecular formula is C17H23NO2. The van der Waals surface area contributed by atoms with Crippen LogP contribution in [0.1, 0.15) is 36.3 Å². The lowest BCUT2D eigenvalue weighted by atomic mass is 9.76. The van der Waals surface area contributed by atoms with Gasteiger partial charge >= 0.3 is 5.97 Å². The van der Waals surface area contributed by atoms with Crippen LogP contribution in [0.3, 0.4) is 0 Å². The summed E-state index contributed by atoms with van der Waals surface area (Å²) in [6.45, 7) is 2.11. The lowest BCUT2D eigenvalue weighted by Crippen LogP contribution is -2.49. The predicted molar refractivity (Wildman–Crippen MR) is 78.6 cm³/mol. The van der Waals surface area contributed by atoms with Gasteiger partial charge in [0.2, 0.25) is 0 Å². The fourth-order valence-corrected chi connectivity index (χ4v) is 4.17. The number of piperidine rings is 1. The molecule has 4 atom stereocenters. The van der Waals surface area contributed by atoms with E-state index in [0.29, 0.717) is 18.0 Å². The minimum Gasteiger partial charge on any atom is -0.469 e. The molecular weight excluding hydrogens is 250 g/mol. The Bertz CT molecular complexity index is 513. The second-order valence-electron chi connectivity index (χ2n) is 6.27. The number of carbonyl (C=O) groups excluding carboxylic acids is 1. The zero-order valence-electron chi connectivity index (χ0n) is 12.5. The number of esters is 1. The molecule has 3 rings (SSSR count). The molecule has 3 heteroatoms. The molecule has 2 aliphatic rings. The van der Waals surface area contributed by atoms with Crippen molar-refractivity contribution in [3.05, 3.63) is 35.4 Å². The second kappa shape index (κ2) is 5.21. The van der Waals surface area contributed by atoms with Crippen LogP contribution < -0.4 is 0 Å². The van der Waals surface area contributed by atoms with E-state index in [2.05, 4.69) is 43.1 Å².